The molecule has 0 unspecified atom stereocenters. The van der Waals surface area contributed by atoms with Gasteiger partial charge in [-0.25, -0.2) is 4.79 Å². The molecular weight excluding hydrogens is 665 g/mol. The van der Waals surface area contributed by atoms with E-state index in [4.69, 9.17) is 18.9 Å². The number of unbranched alkanes of at least 4 members (excludes halogenated alkanes) is 23. The first-order valence-electron chi connectivity index (χ1n) is 23.0. The number of hydrogen-bond donors (Lipinski definition) is 1. The number of alkyl carbamates (subject to hydrolysis) is 1. The molecule has 0 aliphatic heterocycles. The lowest BCUT2D eigenvalue weighted by Crippen LogP contribution is -2.29. The van der Waals surface area contributed by atoms with Crippen LogP contribution in [-0.4, -0.2) is 76.4 Å². The Hall–Kier alpha value is -1.38. The summed E-state index contributed by atoms with van der Waals surface area (Å²) in [5.74, 6) is -0.0296. The third-order valence-corrected chi connectivity index (χ3v) is 10.2. The molecule has 0 saturated heterocycles. The van der Waals surface area contributed by atoms with Gasteiger partial charge in [-0.3, -0.25) is 4.79 Å². The van der Waals surface area contributed by atoms with E-state index < -0.39 is 0 Å². The second kappa shape index (κ2) is 43.3. The van der Waals surface area contributed by atoms with Crippen LogP contribution < -0.4 is 5.32 Å². The highest BCUT2D eigenvalue weighted by molar-refractivity contribution is 5.69. The Morgan fingerprint density at radius 2 is 0.849 bits per heavy atom. The van der Waals surface area contributed by atoms with Crippen molar-refractivity contribution in [1.82, 2.24) is 10.2 Å². The minimum Gasteiger partial charge on any atom is -0.466 e. The van der Waals surface area contributed by atoms with Gasteiger partial charge in [-0.1, -0.05) is 156 Å². The monoisotopic (exact) mass is 755 g/mol. The van der Waals surface area contributed by atoms with E-state index in [-0.39, 0.29) is 18.4 Å². The van der Waals surface area contributed by atoms with E-state index in [0.717, 1.165) is 97.1 Å². The molecule has 0 fully saturated rings. The van der Waals surface area contributed by atoms with Crippen molar-refractivity contribution in [3.8, 4) is 0 Å². The van der Waals surface area contributed by atoms with Gasteiger partial charge in [0.05, 0.1) is 13.2 Å². The van der Waals surface area contributed by atoms with E-state index in [9.17, 15) is 9.59 Å². The molecule has 1 amide bonds. The maximum atomic E-state index is 12.1. The SMILES string of the molecule is CCCCCCCCCOC(=O)CCCCCCCN(CCCCCCC(OCCCCCCCC)OCCCCCCCC)CCCOC(=O)NC. The third kappa shape index (κ3) is 40.1. The lowest BCUT2D eigenvalue weighted by atomic mass is 10.1. The Morgan fingerprint density at radius 3 is 1.36 bits per heavy atom. The summed E-state index contributed by atoms with van der Waals surface area (Å²) >= 11 is 0. The van der Waals surface area contributed by atoms with Gasteiger partial charge in [0.1, 0.15) is 0 Å². The zero-order chi connectivity index (χ0) is 38.7. The molecular formula is C45H90N2O6. The molecule has 0 aromatic carbocycles. The van der Waals surface area contributed by atoms with Crippen molar-refractivity contribution >= 4 is 12.1 Å². The summed E-state index contributed by atoms with van der Waals surface area (Å²) in [4.78, 5) is 26.1. The van der Waals surface area contributed by atoms with Gasteiger partial charge in [0.15, 0.2) is 6.29 Å². The molecule has 0 saturated carbocycles. The standard InChI is InChI=1S/C45H90N2O6/c1-5-8-11-14-17-25-30-39-50-43(48)34-26-19-18-21-28-36-47(38-33-42-53-45(49)46-4)37-29-22-20-27-35-44(51-40-31-23-15-12-9-6-2)52-41-32-24-16-13-10-7-3/h44H,5-42H2,1-4H3,(H,46,49). The fourth-order valence-corrected chi connectivity index (χ4v) is 6.72. The summed E-state index contributed by atoms with van der Waals surface area (Å²) in [5.41, 5.74) is 0. The van der Waals surface area contributed by atoms with Gasteiger partial charge in [0.2, 0.25) is 0 Å². The smallest absolute Gasteiger partial charge is 0.406 e. The van der Waals surface area contributed by atoms with E-state index >= 15 is 0 Å². The van der Waals surface area contributed by atoms with E-state index in [1.807, 2.05) is 0 Å². The molecule has 316 valence electrons. The highest BCUT2D eigenvalue weighted by Crippen LogP contribution is 2.15. The summed E-state index contributed by atoms with van der Waals surface area (Å²) in [7, 11) is 1.60. The fraction of sp³-hybridized carbons (Fsp3) is 0.956. The second-order valence-electron chi connectivity index (χ2n) is 15.4. The van der Waals surface area contributed by atoms with Crippen molar-refractivity contribution in [2.24, 2.45) is 0 Å². The number of esters is 1. The summed E-state index contributed by atoms with van der Waals surface area (Å²) in [6, 6.07) is 0. The minimum atomic E-state index is -0.358. The van der Waals surface area contributed by atoms with Crippen molar-refractivity contribution in [3.63, 3.8) is 0 Å². The van der Waals surface area contributed by atoms with Gasteiger partial charge < -0.3 is 29.2 Å². The first kappa shape index (κ1) is 51.6. The quantitative estimate of drug-likeness (QED) is 0.0377. The van der Waals surface area contributed by atoms with Crippen LogP contribution in [0.1, 0.15) is 220 Å². The number of nitrogens with one attached hydrogen (secondary N) is 1. The number of ether oxygens (including phenoxy) is 4. The molecule has 8 nitrogen and oxygen atoms in total. The molecule has 0 bridgehead atoms. The van der Waals surface area contributed by atoms with Crippen LogP contribution in [-0.2, 0) is 23.7 Å². The van der Waals surface area contributed by atoms with Crippen LogP contribution in [0.2, 0.25) is 0 Å². The first-order chi connectivity index (χ1) is 26.1. The normalized spacial score (nSPS) is 11.5. The molecule has 0 spiro atoms. The molecule has 0 heterocycles. The number of amides is 1. The van der Waals surface area contributed by atoms with Crippen LogP contribution in [0, 0.1) is 0 Å². The summed E-state index contributed by atoms with van der Waals surface area (Å²) in [5, 5.41) is 2.53. The van der Waals surface area contributed by atoms with Crippen molar-refractivity contribution in [3.05, 3.63) is 0 Å². The highest BCUT2D eigenvalue weighted by atomic mass is 16.7. The van der Waals surface area contributed by atoms with Crippen molar-refractivity contribution in [2.75, 3.05) is 53.1 Å². The zero-order valence-electron chi connectivity index (χ0n) is 35.8. The lowest BCUT2D eigenvalue weighted by Gasteiger charge is -2.22. The predicted molar refractivity (Wildman–Crippen MR) is 224 cm³/mol. The molecule has 8 heteroatoms. The maximum Gasteiger partial charge on any atom is 0.406 e. The summed E-state index contributed by atoms with van der Waals surface area (Å²) in [6.07, 6.45) is 36.2. The molecule has 0 atom stereocenters. The van der Waals surface area contributed by atoms with Crippen LogP contribution in [0.5, 0.6) is 0 Å². The first-order valence-corrected chi connectivity index (χ1v) is 23.0. The fourth-order valence-electron chi connectivity index (χ4n) is 6.72. The molecule has 1 N–H and O–H groups in total. The van der Waals surface area contributed by atoms with Crippen LogP contribution in [0.25, 0.3) is 0 Å². The highest BCUT2D eigenvalue weighted by Gasteiger charge is 2.11. The van der Waals surface area contributed by atoms with Crippen molar-refractivity contribution in [1.29, 1.82) is 0 Å². The predicted octanol–water partition coefficient (Wildman–Crippen LogP) is 12.7. The molecule has 0 aliphatic rings. The zero-order valence-corrected chi connectivity index (χ0v) is 35.8. The van der Waals surface area contributed by atoms with E-state index in [2.05, 4.69) is 31.0 Å². The van der Waals surface area contributed by atoms with Crippen LogP contribution >= 0.6 is 0 Å². The largest absolute Gasteiger partial charge is 0.466 e. The number of nitrogens with zero attached hydrogens (tertiary/aromatic N) is 1. The molecule has 0 aromatic rings. The molecule has 0 aromatic heterocycles. The summed E-state index contributed by atoms with van der Waals surface area (Å²) in [6.45, 7) is 12.5. The van der Waals surface area contributed by atoms with Crippen molar-refractivity contribution in [2.45, 2.75) is 226 Å². The third-order valence-electron chi connectivity index (χ3n) is 10.2. The van der Waals surface area contributed by atoms with Gasteiger partial charge in [0.25, 0.3) is 0 Å². The van der Waals surface area contributed by atoms with E-state index in [0.29, 0.717) is 19.6 Å². The number of carbonyl (C=O) groups excluding carboxylic acids is 2. The Morgan fingerprint density at radius 1 is 0.453 bits per heavy atom. The minimum absolute atomic E-state index is 0.0296. The summed E-state index contributed by atoms with van der Waals surface area (Å²) < 4.78 is 23.2. The van der Waals surface area contributed by atoms with Crippen LogP contribution in [0.3, 0.4) is 0 Å². The average Bonchev–Trinajstić information content (AvgIpc) is 3.16. The average molecular weight is 755 g/mol. The van der Waals surface area contributed by atoms with Gasteiger partial charge in [-0.05, 0) is 70.9 Å². The molecule has 0 aliphatic carbocycles. The topological polar surface area (TPSA) is 86.3 Å². The Kier molecular flexibility index (Phi) is 42.2. The Balaban J connectivity index is 4.34. The van der Waals surface area contributed by atoms with E-state index in [1.165, 1.54) is 128 Å². The van der Waals surface area contributed by atoms with Gasteiger partial charge in [-0.2, -0.15) is 0 Å². The van der Waals surface area contributed by atoms with Crippen LogP contribution in [0.4, 0.5) is 4.79 Å². The van der Waals surface area contributed by atoms with Crippen LogP contribution in [0.15, 0.2) is 0 Å². The number of carbonyl (C=O) groups is 2. The second-order valence-corrected chi connectivity index (χ2v) is 15.4. The van der Waals surface area contributed by atoms with Gasteiger partial charge in [0, 0.05) is 33.2 Å². The lowest BCUT2D eigenvalue weighted by molar-refractivity contribution is -0.148. The van der Waals surface area contributed by atoms with Gasteiger partial charge in [-0.15, -0.1) is 0 Å². The van der Waals surface area contributed by atoms with Gasteiger partial charge >= 0.3 is 12.1 Å². The molecule has 0 radical (unpaired) electrons. The van der Waals surface area contributed by atoms with E-state index in [1.54, 1.807) is 7.05 Å². The molecule has 53 heavy (non-hydrogen) atoms. The maximum absolute atomic E-state index is 12.1. The molecule has 0 rings (SSSR count). The Labute approximate surface area is 329 Å². The van der Waals surface area contributed by atoms with Crippen molar-refractivity contribution < 1.29 is 28.5 Å². The Bertz CT molecular complexity index is 736. The number of rotatable bonds is 43. The number of hydrogen-bond acceptors (Lipinski definition) is 7.